The number of hydrogen-bond donors (Lipinski definition) is 3. The molecular weight excluding hydrogens is 464 g/mol. The highest BCUT2D eigenvalue weighted by Crippen LogP contribution is 2.30. The summed E-state index contributed by atoms with van der Waals surface area (Å²) in [5.41, 5.74) is 0.429. The first-order chi connectivity index (χ1) is 17.7. The van der Waals surface area contributed by atoms with Crippen LogP contribution in [-0.4, -0.2) is 84.5 Å². The molecule has 2 aromatic heterocycles. The number of thioether (sulfide) groups is 1. The summed E-state index contributed by atoms with van der Waals surface area (Å²) in [6, 6.07) is 3.19. The molecule has 3 aliphatic rings. The minimum absolute atomic E-state index is 0.0110. The summed E-state index contributed by atoms with van der Waals surface area (Å²) in [4.78, 5) is 50.9. The summed E-state index contributed by atoms with van der Waals surface area (Å²) in [5.74, 6) is 0.249. The number of nitrogens with one attached hydrogen (secondary N) is 3. The highest BCUT2D eigenvalue weighted by atomic mass is 32.2. The molecule has 3 amide bonds. The molecule has 1 saturated heterocycles. The molecule has 3 N–H and O–H groups in total. The lowest BCUT2D eigenvalue weighted by Crippen LogP contribution is -2.37. The van der Waals surface area contributed by atoms with Crippen molar-refractivity contribution in [1.29, 1.82) is 0 Å². The van der Waals surface area contributed by atoms with Crippen LogP contribution in [0.15, 0.2) is 23.4 Å². The van der Waals surface area contributed by atoms with E-state index in [1.165, 1.54) is 22.9 Å². The monoisotopic (exact) mass is 489 g/mol. The SMILES string of the molecule is [2H]C([2H])([2H])N1C(=O)CNc2ccc(OCCNC[C@@H]3CN(c4cnc5c(n4)NC(=O)CS5)C(=O)O3)nc21. The van der Waals surface area contributed by atoms with Crippen LogP contribution in [0, 0.1) is 0 Å². The number of ether oxygens (including phenoxy) is 2. The lowest BCUT2D eigenvalue weighted by atomic mass is 10.3. The van der Waals surface area contributed by atoms with Crippen molar-refractivity contribution in [1.82, 2.24) is 20.3 Å². The van der Waals surface area contributed by atoms with Gasteiger partial charge in [-0.1, -0.05) is 11.8 Å². The molecule has 0 unspecified atom stereocenters. The highest BCUT2D eigenvalue weighted by Gasteiger charge is 2.34. The van der Waals surface area contributed by atoms with Gasteiger partial charge in [-0.2, -0.15) is 4.98 Å². The van der Waals surface area contributed by atoms with Crippen LogP contribution in [0.2, 0.25) is 0 Å². The molecule has 0 spiro atoms. The summed E-state index contributed by atoms with van der Waals surface area (Å²) in [6.45, 7) is -1.62. The van der Waals surface area contributed by atoms with E-state index >= 15 is 0 Å². The molecular formula is C20H22N8O5S. The van der Waals surface area contributed by atoms with E-state index in [1.54, 1.807) is 12.1 Å². The van der Waals surface area contributed by atoms with Gasteiger partial charge >= 0.3 is 6.09 Å². The normalized spacial score (nSPS) is 20.9. The average Bonchev–Trinajstić information content (AvgIpc) is 3.22. The van der Waals surface area contributed by atoms with E-state index in [0.29, 0.717) is 34.5 Å². The summed E-state index contributed by atoms with van der Waals surface area (Å²) >= 11 is 1.28. The lowest BCUT2D eigenvalue weighted by molar-refractivity contribution is -0.117. The quantitative estimate of drug-likeness (QED) is 0.461. The Hall–Kier alpha value is -3.65. The first-order valence-electron chi connectivity index (χ1n) is 11.9. The van der Waals surface area contributed by atoms with Crippen molar-refractivity contribution in [3.05, 3.63) is 18.3 Å². The van der Waals surface area contributed by atoms with Crippen LogP contribution in [0.3, 0.4) is 0 Å². The second kappa shape index (κ2) is 9.30. The Bertz CT molecular complexity index is 1250. The Morgan fingerprint density at radius 3 is 3.15 bits per heavy atom. The van der Waals surface area contributed by atoms with Gasteiger partial charge in [0.15, 0.2) is 17.5 Å². The first-order valence-corrected chi connectivity index (χ1v) is 11.4. The van der Waals surface area contributed by atoms with Crippen molar-refractivity contribution in [2.75, 3.05) is 65.9 Å². The minimum Gasteiger partial charge on any atom is -0.476 e. The lowest BCUT2D eigenvalue weighted by Gasteiger charge is -2.25. The number of carbonyl (C=O) groups excluding carboxylic acids is 3. The Morgan fingerprint density at radius 1 is 1.35 bits per heavy atom. The zero-order valence-corrected chi connectivity index (χ0v) is 18.6. The van der Waals surface area contributed by atoms with E-state index in [1.807, 2.05) is 0 Å². The van der Waals surface area contributed by atoms with Crippen molar-refractivity contribution in [2.45, 2.75) is 11.1 Å². The van der Waals surface area contributed by atoms with Crippen LogP contribution in [0.4, 0.5) is 27.9 Å². The number of pyridine rings is 1. The number of carbonyl (C=O) groups is 3. The summed E-state index contributed by atoms with van der Waals surface area (Å²) < 4.78 is 33.9. The van der Waals surface area contributed by atoms with Gasteiger partial charge in [0.25, 0.3) is 0 Å². The second-order valence-corrected chi connectivity index (χ2v) is 8.46. The maximum absolute atomic E-state index is 12.3. The number of aromatic nitrogens is 3. The van der Waals surface area contributed by atoms with E-state index in [4.69, 9.17) is 13.6 Å². The van der Waals surface area contributed by atoms with E-state index in [9.17, 15) is 14.4 Å². The molecule has 0 saturated carbocycles. The number of amides is 3. The van der Waals surface area contributed by atoms with E-state index in [0.717, 1.165) is 0 Å². The third-order valence-corrected chi connectivity index (χ3v) is 6.09. The predicted molar refractivity (Wildman–Crippen MR) is 124 cm³/mol. The molecule has 13 nitrogen and oxygen atoms in total. The van der Waals surface area contributed by atoms with Gasteiger partial charge in [0.05, 0.1) is 30.7 Å². The number of anilines is 4. The molecule has 5 rings (SSSR count). The van der Waals surface area contributed by atoms with Crippen LogP contribution in [0.1, 0.15) is 4.11 Å². The third kappa shape index (κ3) is 4.54. The Kier molecular flexibility index (Phi) is 5.13. The Morgan fingerprint density at radius 2 is 2.26 bits per heavy atom. The van der Waals surface area contributed by atoms with E-state index in [2.05, 4.69) is 30.9 Å². The van der Waals surface area contributed by atoms with Crippen molar-refractivity contribution >= 4 is 52.8 Å². The van der Waals surface area contributed by atoms with Gasteiger partial charge < -0.3 is 25.4 Å². The van der Waals surface area contributed by atoms with Crippen LogP contribution in [0.5, 0.6) is 5.88 Å². The molecule has 1 atom stereocenters. The molecule has 2 aromatic rings. The van der Waals surface area contributed by atoms with Gasteiger partial charge in [0.1, 0.15) is 17.7 Å². The van der Waals surface area contributed by atoms with Gasteiger partial charge in [0.2, 0.25) is 17.7 Å². The Balaban J connectivity index is 1.11. The molecule has 0 aliphatic carbocycles. The minimum atomic E-state index is -2.66. The molecule has 5 heterocycles. The number of rotatable bonds is 7. The van der Waals surface area contributed by atoms with Crippen LogP contribution in [0.25, 0.3) is 0 Å². The van der Waals surface area contributed by atoms with Gasteiger partial charge in [-0.25, -0.2) is 14.8 Å². The summed E-state index contributed by atoms with van der Waals surface area (Å²) in [6.07, 6.45) is 0.462. The molecule has 0 bridgehead atoms. The molecule has 3 aliphatic heterocycles. The predicted octanol–water partition coefficient (Wildman–Crippen LogP) is 0.298. The molecule has 178 valence electrons. The standard InChI is InChI=1S/C20H22N8O5S/c1-27-16(30)8-22-12-2-3-15(26-18(12)27)32-5-4-21-6-11-9-28(20(31)33-11)13-7-23-19-17(24-13)25-14(29)10-34-19/h2-3,7,11,21-22H,4-6,8-10H2,1H3,(H,24,25,29)/t11-/m1/s1/i1D3. The molecule has 14 heteroatoms. The smallest absolute Gasteiger partial charge is 0.416 e. The highest BCUT2D eigenvalue weighted by molar-refractivity contribution is 8.00. The molecule has 34 heavy (non-hydrogen) atoms. The van der Waals surface area contributed by atoms with Crippen LogP contribution < -0.4 is 30.5 Å². The van der Waals surface area contributed by atoms with Crippen LogP contribution in [-0.2, 0) is 14.3 Å². The van der Waals surface area contributed by atoms with E-state index in [-0.39, 0.29) is 48.9 Å². The topological polar surface area (TPSA) is 151 Å². The summed E-state index contributed by atoms with van der Waals surface area (Å²) in [7, 11) is 0. The third-order valence-electron chi connectivity index (χ3n) is 5.12. The molecule has 0 radical (unpaired) electrons. The maximum atomic E-state index is 12.3. The fourth-order valence-electron chi connectivity index (χ4n) is 3.48. The van der Waals surface area contributed by atoms with Crippen molar-refractivity contribution in [3.63, 3.8) is 0 Å². The maximum Gasteiger partial charge on any atom is 0.416 e. The fourth-order valence-corrected chi connectivity index (χ4v) is 4.18. The molecule has 1 fully saturated rings. The van der Waals surface area contributed by atoms with Gasteiger partial charge in [-0.3, -0.25) is 19.4 Å². The van der Waals surface area contributed by atoms with Gasteiger partial charge in [0, 0.05) is 30.2 Å². The number of likely N-dealkylation sites (N-methyl/N-ethyl adjacent to an activating group) is 1. The van der Waals surface area contributed by atoms with Gasteiger partial charge in [-0.15, -0.1) is 0 Å². The number of hydrogen-bond acceptors (Lipinski definition) is 11. The second-order valence-electron chi connectivity index (χ2n) is 7.49. The van der Waals surface area contributed by atoms with Gasteiger partial charge in [-0.05, 0) is 6.07 Å². The van der Waals surface area contributed by atoms with Crippen molar-refractivity contribution < 1.29 is 28.0 Å². The Labute approximate surface area is 202 Å². The fraction of sp³-hybridized carbons (Fsp3) is 0.400. The number of cyclic esters (lactones) is 1. The summed E-state index contributed by atoms with van der Waals surface area (Å²) in [5, 5.41) is 9.21. The van der Waals surface area contributed by atoms with Crippen LogP contribution >= 0.6 is 11.8 Å². The zero-order chi connectivity index (χ0) is 26.2. The van der Waals surface area contributed by atoms with Crippen molar-refractivity contribution in [3.8, 4) is 5.88 Å². The number of nitrogens with zero attached hydrogens (tertiary/aromatic N) is 5. The van der Waals surface area contributed by atoms with Crippen molar-refractivity contribution in [2.24, 2.45) is 0 Å². The molecule has 0 aromatic carbocycles. The largest absolute Gasteiger partial charge is 0.476 e. The van der Waals surface area contributed by atoms with E-state index < -0.39 is 25.1 Å². The first kappa shape index (κ1) is 18.7. The zero-order valence-electron chi connectivity index (χ0n) is 20.7. The average molecular weight is 490 g/mol. The number of fused-ring (bicyclic) bond motifs is 2.